The van der Waals surface area contributed by atoms with Crippen molar-refractivity contribution >= 4 is 29.3 Å². The van der Waals surface area contributed by atoms with Gasteiger partial charge in [0.15, 0.2) is 6.10 Å². The summed E-state index contributed by atoms with van der Waals surface area (Å²) in [6, 6.07) is 12.4. The van der Waals surface area contributed by atoms with Crippen LogP contribution in [0.1, 0.15) is 48.2 Å². The van der Waals surface area contributed by atoms with Crippen molar-refractivity contribution in [3.63, 3.8) is 0 Å². The number of hydrazine groups is 1. The van der Waals surface area contributed by atoms with Gasteiger partial charge in [0.25, 0.3) is 17.7 Å². The summed E-state index contributed by atoms with van der Waals surface area (Å²) in [4.78, 5) is 54.0. The largest absolute Gasteiger partial charge is 0.481 e. The number of benzene rings is 2. The lowest BCUT2D eigenvalue weighted by molar-refractivity contribution is -0.133. The molecule has 0 bridgehead atoms. The number of amides is 4. The first-order valence-corrected chi connectivity index (χ1v) is 11.2. The van der Waals surface area contributed by atoms with E-state index in [1.807, 2.05) is 26.0 Å². The molecule has 2 heterocycles. The fourth-order valence-corrected chi connectivity index (χ4v) is 4.45. The summed E-state index contributed by atoms with van der Waals surface area (Å²) in [7, 11) is 0. The second kappa shape index (κ2) is 8.81. The van der Waals surface area contributed by atoms with E-state index in [9.17, 15) is 19.2 Å². The van der Waals surface area contributed by atoms with Gasteiger partial charge in [-0.25, -0.2) is 0 Å². The van der Waals surface area contributed by atoms with Gasteiger partial charge in [0.1, 0.15) is 18.0 Å². The first-order valence-electron chi connectivity index (χ1n) is 11.2. The zero-order chi connectivity index (χ0) is 24.6. The minimum absolute atomic E-state index is 0.0985. The van der Waals surface area contributed by atoms with Crippen LogP contribution in [-0.4, -0.2) is 46.8 Å². The number of para-hydroxylation sites is 1. The van der Waals surface area contributed by atoms with E-state index in [1.165, 1.54) is 4.90 Å². The Morgan fingerprint density at radius 2 is 1.82 bits per heavy atom. The lowest BCUT2D eigenvalue weighted by atomic mass is 9.98. The van der Waals surface area contributed by atoms with Crippen molar-refractivity contribution in [2.45, 2.75) is 52.3 Å². The Kier molecular flexibility index (Phi) is 6.03. The van der Waals surface area contributed by atoms with Gasteiger partial charge >= 0.3 is 0 Å². The number of anilines is 1. The van der Waals surface area contributed by atoms with E-state index in [-0.39, 0.29) is 24.8 Å². The molecule has 34 heavy (non-hydrogen) atoms. The van der Waals surface area contributed by atoms with Crippen LogP contribution in [0.5, 0.6) is 5.75 Å². The average molecular weight is 465 g/mol. The maximum atomic E-state index is 13.2. The first-order chi connectivity index (χ1) is 16.1. The second-order valence-corrected chi connectivity index (χ2v) is 8.85. The Morgan fingerprint density at radius 1 is 1.09 bits per heavy atom. The first kappa shape index (κ1) is 23.3. The lowest BCUT2D eigenvalue weighted by Gasteiger charge is -2.48. The van der Waals surface area contributed by atoms with Crippen molar-refractivity contribution < 1.29 is 23.9 Å². The topological polar surface area (TPSA) is 108 Å². The molecule has 2 unspecified atom stereocenters. The van der Waals surface area contributed by atoms with E-state index in [0.29, 0.717) is 23.4 Å². The standard InChI is InChI=1S/C25H28N4O5/c1-15-8-7-11-20(16(15)2)34-17(3)23(32)27-26-21(30)14-28-24(33)18-9-5-6-10-19(18)29-22(31)12-13-25(28,29)4/h5-11,17H,12-14H2,1-4H3,(H,26,30)(H,27,32). The van der Waals surface area contributed by atoms with Gasteiger partial charge in [0.05, 0.1) is 11.3 Å². The molecule has 4 rings (SSSR count). The minimum atomic E-state index is -0.955. The molecule has 2 aliphatic heterocycles. The molecule has 178 valence electrons. The zero-order valence-electron chi connectivity index (χ0n) is 19.7. The highest BCUT2D eigenvalue weighted by Gasteiger charge is 2.53. The predicted octanol–water partition coefficient (Wildman–Crippen LogP) is 2.22. The number of hydrogen-bond donors (Lipinski definition) is 2. The highest BCUT2D eigenvalue weighted by Crippen LogP contribution is 2.43. The third-order valence-corrected chi connectivity index (χ3v) is 6.60. The van der Waals surface area contributed by atoms with Crippen molar-refractivity contribution in [2.75, 3.05) is 11.4 Å². The number of nitrogens with one attached hydrogen (secondary N) is 2. The SMILES string of the molecule is Cc1cccc(OC(C)C(=O)NNC(=O)CN2C(=O)c3ccccc3N3C(=O)CCC23C)c1C. The number of fused-ring (bicyclic) bond motifs is 3. The van der Waals surface area contributed by atoms with Crippen LogP contribution in [-0.2, 0) is 14.4 Å². The summed E-state index contributed by atoms with van der Waals surface area (Å²) in [5.41, 5.74) is 6.65. The van der Waals surface area contributed by atoms with Crippen LogP contribution in [0.4, 0.5) is 5.69 Å². The Balaban J connectivity index is 1.42. The van der Waals surface area contributed by atoms with Crippen LogP contribution in [0.3, 0.4) is 0 Å². The maximum absolute atomic E-state index is 13.2. The quantitative estimate of drug-likeness (QED) is 0.660. The number of carbonyl (C=O) groups is 4. The van der Waals surface area contributed by atoms with E-state index in [4.69, 9.17) is 4.74 Å². The summed E-state index contributed by atoms with van der Waals surface area (Å²) in [6.07, 6.45) is -0.170. The van der Waals surface area contributed by atoms with Gasteiger partial charge in [-0.3, -0.25) is 34.9 Å². The molecular formula is C25H28N4O5. The summed E-state index contributed by atoms with van der Waals surface area (Å²) >= 11 is 0. The summed E-state index contributed by atoms with van der Waals surface area (Å²) in [6.45, 7) is 6.89. The number of aryl methyl sites for hydroxylation is 1. The second-order valence-electron chi connectivity index (χ2n) is 8.85. The maximum Gasteiger partial charge on any atom is 0.279 e. The Bertz CT molecular complexity index is 1180. The molecule has 2 aromatic carbocycles. The van der Waals surface area contributed by atoms with Gasteiger partial charge in [0, 0.05) is 6.42 Å². The van der Waals surface area contributed by atoms with Gasteiger partial charge in [-0.05, 0) is 63.4 Å². The van der Waals surface area contributed by atoms with Gasteiger partial charge in [-0.1, -0.05) is 24.3 Å². The number of hydrogen-bond acceptors (Lipinski definition) is 5. The third-order valence-electron chi connectivity index (χ3n) is 6.60. The molecule has 2 aromatic rings. The van der Waals surface area contributed by atoms with E-state index in [1.54, 1.807) is 49.1 Å². The van der Waals surface area contributed by atoms with Gasteiger partial charge in [-0.15, -0.1) is 0 Å². The summed E-state index contributed by atoms with van der Waals surface area (Å²) in [5, 5.41) is 0. The van der Waals surface area contributed by atoms with E-state index < -0.39 is 23.6 Å². The highest BCUT2D eigenvalue weighted by molar-refractivity contribution is 6.11. The smallest absolute Gasteiger partial charge is 0.279 e. The number of nitrogens with zero attached hydrogens (tertiary/aromatic N) is 2. The molecule has 9 nitrogen and oxygen atoms in total. The number of rotatable bonds is 5. The predicted molar refractivity (Wildman–Crippen MR) is 125 cm³/mol. The molecule has 2 N–H and O–H groups in total. The van der Waals surface area contributed by atoms with Crippen LogP contribution >= 0.6 is 0 Å². The molecule has 1 saturated heterocycles. The third kappa shape index (κ3) is 3.98. The Labute approximate surface area is 198 Å². The van der Waals surface area contributed by atoms with Gasteiger partial charge in [0.2, 0.25) is 5.91 Å². The van der Waals surface area contributed by atoms with Crippen LogP contribution in [0.25, 0.3) is 0 Å². The lowest BCUT2D eigenvalue weighted by Crippen LogP contribution is -2.64. The molecule has 2 atom stereocenters. The monoisotopic (exact) mass is 464 g/mol. The van der Waals surface area contributed by atoms with Crippen molar-refractivity contribution in [3.8, 4) is 5.75 Å². The molecule has 0 spiro atoms. The Hall–Kier alpha value is -3.88. The van der Waals surface area contributed by atoms with Crippen LogP contribution in [0.15, 0.2) is 42.5 Å². The number of carbonyl (C=O) groups excluding carboxylic acids is 4. The van der Waals surface area contributed by atoms with Crippen molar-refractivity contribution in [3.05, 3.63) is 59.2 Å². The molecule has 2 aliphatic rings. The average Bonchev–Trinajstić information content (AvgIpc) is 3.13. The van der Waals surface area contributed by atoms with Crippen molar-refractivity contribution in [1.82, 2.24) is 15.8 Å². The van der Waals surface area contributed by atoms with Crippen molar-refractivity contribution in [1.29, 1.82) is 0 Å². The fourth-order valence-electron chi connectivity index (χ4n) is 4.45. The summed E-state index contributed by atoms with van der Waals surface area (Å²) in [5.74, 6) is -0.963. The zero-order valence-corrected chi connectivity index (χ0v) is 19.7. The van der Waals surface area contributed by atoms with Crippen molar-refractivity contribution in [2.24, 2.45) is 0 Å². The van der Waals surface area contributed by atoms with Crippen LogP contribution in [0.2, 0.25) is 0 Å². The molecule has 4 amide bonds. The molecule has 0 aliphatic carbocycles. The molecular weight excluding hydrogens is 436 g/mol. The van der Waals surface area contributed by atoms with Crippen LogP contribution < -0.4 is 20.5 Å². The van der Waals surface area contributed by atoms with E-state index >= 15 is 0 Å². The van der Waals surface area contributed by atoms with Gasteiger partial charge in [-0.2, -0.15) is 0 Å². The molecule has 0 saturated carbocycles. The summed E-state index contributed by atoms with van der Waals surface area (Å²) < 4.78 is 5.74. The van der Waals surface area contributed by atoms with E-state index in [2.05, 4.69) is 10.9 Å². The molecule has 9 heteroatoms. The van der Waals surface area contributed by atoms with E-state index in [0.717, 1.165) is 11.1 Å². The molecule has 0 radical (unpaired) electrons. The van der Waals surface area contributed by atoms with Gasteiger partial charge < -0.3 is 9.64 Å². The minimum Gasteiger partial charge on any atom is -0.481 e. The molecule has 0 aromatic heterocycles. The van der Waals surface area contributed by atoms with Crippen LogP contribution in [0, 0.1) is 13.8 Å². The fraction of sp³-hybridized carbons (Fsp3) is 0.360. The normalized spacial score (nSPS) is 19.9. The molecule has 1 fully saturated rings. The highest BCUT2D eigenvalue weighted by atomic mass is 16.5. The Morgan fingerprint density at radius 3 is 2.59 bits per heavy atom. The number of ether oxygens (including phenoxy) is 1.